The Bertz CT molecular complexity index is 266. The van der Waals surface area contributed by atoms with E-state index in [4.69, 9.17) is 44.8 Å². The summed E-state index contributed by atoms with van der Waals surface area (Å²) in [5.74, 6) is 0.753. The number of ether oxygens (including phenoxy) is 7. The first-order valence-corrected chi connectivity index (χ1v) is 12.6. The van der Waals surface area contributed by atoms with E-state index in [-0.39, 0.29) is 0 Å². The fraction of sp³-hybridized carbons (Fsp3) is 1.00. The number of hydrogen-bond acceptors (Lipinski definition) is 7. The van der Waals surface area contributed by atoms with Crippen LogP contribution in [0, 0.1) is 0 Å². The molecule has 0 aromatic rings. The van der Waals surface area contributed by atoms with Crippen molar-refractivity contribution in [1.29, 1.82) is 0 Å². The van der Waals surface area contributed by atoms with Crippen molar-refractivity contribution >= 4 is 34.2 Å². The lowest BCUT2D eigenvalue weighted by molar-refractivity contribution is -0.0201. The highest BCUT2D eigenvalue weighted by Gasteiger charge is 1.95. The lowest BCUT2D eigenvalue weighted by atomic mass is 10.2. The molecule has 0 aromatic carbocycles. The van der Waals surface area contributed by atoms with Gasteiger partial charge in [-0.05, 0) is 12.8 Å². The minimum absolute atomic E-state index is 0.556. The first kappa shape index (κ1) is 29.7. The minimum Gasteiger partial charge on any atom is -0.379 e. The molecule has 0 unspecified atom stereocenters. The van der Waals surface area contributed by atoms with Crippen molar-refractivity contribution in [3.8, 4) is 0 Å². The van der Waals surface area contributed by atoms with Crippen LogP contribution < -0.4 is 0 Å². The molecule has 0 N–H and O–H groups in total. The maximum absolute atomic E-state index is 5.63. The van der Waals surface area contributed by atoms with E-state index in [1.807, 2.05) is 0 Å². The van der Waals surface area contributed by atoms with Crippen molar-refractivity contribution in [3.63, 3.8) is 0 Å². The van der Waals surface area contributed by atoms with Gasteiger partial charge in [-0.15, -0.1) is 11.6 Å². The van der Waals surface area contributed by atoms with Gasteiger partial charge in [0, 0.05) is 16.9 Å². The highest BCUT2D eigenvalue weighted by molar-refractivity contribution is 14.1. The number of unbranched alkanes of at least 4 members (excludes halogenated alkanes) is 3. The monoisotopic (exact) mass is 554 g/mol. The summed E-state index contributed by atoms with van der Waals surface area (Å²) in [6.45, 7) is 8.59. The van der Waals surface area contributed by atoms with Crippen LogP contribution in [0.4, 0.5) is 0 Å². The third kappa shape index (κ3) is 28.7. The maximum atomic E-state index is 5.63. The second kappa shape index (κ2) is 28.7. The Morgan fingerprint density at radius 2 is 0.690 bits per heavy atom. The van der Waals surface area contributed by atoms with Crippen molar-refractivity contribution in [2.75, 3.05) is 103 Å². The van der Waals surface area contributed by atoms with Gasteiger partial charge in [0.15, 0.2) is 0 Å². The normalized spacial score (nSPS) is 11.4. The molecule has 0 aliphatic heterocycles. The Balaban J connectivity index is 2.97. The summed E-state index contributed by atoms with van der Waals surface area (Å²) < 4.78 is 38.9. The molecule has 7 nitrogen and oxygen atoms in total. The van der Waals surface area contributed by atoms with Crippen LogP contribution in [0.3, 0.4) is 0 Å². The zero-order chi connectivity index (χ0) is 21.1. The summed E-state index contributed by atoms with van der Waals surface area (Å²) in [6, 6.07) is 0. The molecule has 0 fully saturated rings. The molecule has 0 aliphatic rings. The summed E-state index contributed by atoms with van der Waals surface area (Å²) >= 11 is 7.91. The average molecular weight is 555 g/mol. The van der Waals surface area contributed by atoms with Gasteiger partial charge in [-0.2, -0.15) is 0 Å². The average Bonchev–Trinajstić information content (AvgIpc) is 2.74. The Morgan fingerprint density at radius 1 is 0.379 bits per heavy atom. The number of halogens is 2. The molecule has 0 rings (SSSR count). The maximum Gasteiger partial charge on any atom is 0.0701 e. The van der Waals surface area contributed by atoms with Crippen LogP contribution in [-0.4, -0.2) is 103 Å². The molecule has 0 saturated carbocycles. The molecule has 0 heterocycles. The van der Waals surface area contributed by atoms with E-state index in [2.05, 4.69) is 22.6 Å². The molecule has 0 amide bonds. The van der Waals surface area contributed by atoms with Crippen molar-refractivity contribution in [1.82, 2.24) is 0 Å². The van der Waals surface area contributed by atoms with Gasteiger partial charge in [0.1, 0.15) is 0 Å². The van der Waals surface area contributed by atoms with Gasteiger partial charge in [0.2, 0.25) is 0 Å². The summed E-state index contributed by atoms with van der Waals surface area (Å²) in [5.41, 5.74) is 0. The summed E-state index contributed by atoms with van der Waals surface area (Å²) in [5, 5.41) is 0. The number of hydrogen-bond donors (Lipinski definition) is 0. The van der Waals surface area contributed by atoms with E-state index in [0.29, 0.717) is 79.3 Å². The molecule has 0 bridgehead atoms. The standard InChI is InChI=1S/C20H40ClIO7/c21-5-3-1-2-4-7-23-9-11-25-13-15-27-17-19-29-20-18-28-16-14-26-12-10-24-8-6-22/h1-20H2. The van der Waals surface area contributed by atoms with Crippen LogP contribution in [0.2, 0.25) is 0 Å². The van der Waals surface area contributed by atoms with Gasteiger partial charge in [-0.3, -0.25) is 0 Å². The predicted octanol–water partition coefficient (Wildman–Crippen LogP) is 3.34. The van der Waals surface area contributed by atoms with Gasteiger partial charge in [-0.25, -0.2) is 0 Å². The third-order valence-electron chi connectivity index (χ3n) is 3.63. The lowest BCUT2D eigenvalue weighted by Gasteiger charge is -2.08. The molecule has 0 aliphatic carbocycles. The predicted molar refractivity (Wildman–Crippen MR) is 124 cm³/mol. The minimum atomic E-state index is 0.556. The highest BCUT2D eigenvalue weighted by atomic mass is 127. The molecule has 29 heavy (non-hydrogen) atoms. The first-order chi connectivity index (χ1) is 14.4. The van der Waals surface area contributed by atoms with Crippen molar-refractivity contribution < 1.29 is 33.2 Å². The molecule has 9 heteroatoms. The van der Waals surface area contributed by atoms with Crippen LogP contribution >= 0.6 is 34.2 Å². The quantitative estimate of drug-likeness (QED) is 0.0923. The van der Waals surface area contributed by atoms with Crippen LogP contribution in [0.1, 0.15) is 25.7 Å². The van der Waals surface area contributed by atoms with E-state index in [1.54, 1.807) is 0 Å². The van der Waals surface area contributed by atoms with E-state index >= 15 is 0 Å². The van der Waals surface area contributed by atoms with Crippen LogP contribution in [0.25, 0.3) is 0 Å². The molecule has 0 spiro atoms. The fourth-order valence-electron chi connectivity index (χ4n) is 2.13. The summed E-state index contributed by atoms with van der Waals surface area (Å²) in [6.07, 6.45) is 4.54. The van der Waals surface area contributed by atoms with Crippen LogP contribution in [-0.2, 0) is 33.2 Å². The lowest BCUT2D eigenvalue weighted by Crippen LogP contribution is -2.14. The molecular weight excluding hydrogens is 515 g/mol. The zero-order valence-electron chi connectivity index (χ0n) is 17.8. The van der Waals surface area contributed by atoms with Crippen LogP contribution in [0.5, 0.6) is 0 Å². The van der Waals surface area contributed by atoms with Crippen molar-refractivity contribution in [3.05, 3.63) is 0 Å². The van der Waals surface area contributed by atoms with Gasteiger partial charge < -0.3 is 33.2 Å². The van der Waals surface area contributed by atoms with E-state index in [9.17, 15) is 0 Å². The smallest absolute Gasteiger partial charge is 0.0701 e. The molecule has 0 radical (unpaired) electrons. The Kier molecular flexibility index (Phi) is 29.5. The van der Waals surface area contributed by atoms with Gasteiger partial charge in [-0.1, -0.05) is 35.4 Å². The van der Waals surface area contributed by atoms with Gasteiger partial charge >= 0.3 is 0 Å². The van der Waals surface area contributed by atoms with E-state index in [1.165, 1.54) is 12.8 Å². The van der Waals surface area contributed by atoms with E-state index in [0.717, 1.165) is 36.4 Å². The van der Waals surface area contributed by atoms with Crippen molar-refractivity contribution in [2.24, 2.45) is 0 Å². The van der Waals surface area contributed by atoms with Gasteiger partial charge in [0.05, 0.1) is 85.9 Å². The van der Waals surface area contributed by atoms with Crippen LogP contribution in [0.15, 0.2) is 0 Å². The molecule has 0 atom stereocenters. The largest absolute Gasteiger partial charge is 0.379 e. The first-order valence-electron chi connectivity index (χ1n) is 10.6. The van der Waals surface area contributed by atoms with E-state index < -0.39 is 0 Å². The zero-order valence-corrected chi connectivity index (χ0v) is 20.7. The highest BCUT2D eigenvalue weighted by Crippen LogP contribution is 2.01. The third-order valence-corrected chi connectivity index (χ3v) is 4.33. The Morgan fingerprint density at radius 3 is 1.03 bits per heavy atom. The Labute approximate surface area is 195 Å². The molecule has 0 aromatic heterocycles. The number of rotatable bonds is 26. The SMILES string of the molecule is ClCCCCCCOCCOCCOCCOCCOCCOCCOCCI. The summed E-state index contributed by atoms with van der Waals surface area (Å²) in [4.78, 5) is 0. The second-order valence-corrected chi connectivity index (χ2v) is 7.54. The van der Waals surface area contributed by atoms with Crippen molar-refractivity contribution in [2.45, 2.75) is 25.7 Å². The second-order valence-electron chi connectivity index (χ2n) is 6.08. The Hall–Kier alpha value is 0.740. The molecule has 0 saturated heterocycles. The molecular formula is C20H40ClIO7. The molecule has 176 valence electrons. The van der Waals surface area contributed by atoms with Gasteiger partial charge in [0.25, 0.3) is 0 Å². The topological polar surface area (TPSA) is 64.6 Å². The fourth-order valence-corrected chi connectivity index (χ4v) is 2.63. The number of alkyl halides is 2. The summed E-state index contributed by atoms with van der Waals surface area (Å²) in [7, 11) is 0.